The molecule has 3 rings (SSSR count). The molecule has 8 heteroatoms. The molecule has 0 aliphatic heterocycles. The van der Waals surface area contributed by atoms with Crippen LogP contribution in [-0.4, -0.2) is 25.8 Å². The first kappa shape index (κ1) is 16.2. The van der Waals surface area contributed by atoms with Crippen molar-refractivity contribution in [2.45, 2.75) is 19.9 Å². The molecule has 0 aliphatic rings. The maximum Gasteiger partial charge on any atom is 0.253 e. The molecule has 2 heterocycles. The van der Waals surface area contributed by atoms with E-state index in [0.29, 0.717) is 22.3 Å². The minimum atomic E-state index is -0.582. The van der Waals surface area contributed by atoms with Crippen molar-refractivity contribution < 1.29 is 9.32 Å². The van der Waals surface area contributed by atoms with Crippen LogP contribution in [0.5, 0.6) is 0 Å². The van der Waals surface area contributed by atoms with E-state index in [1.54, 1.807) is 43.2 Å². The van der Waals surface area contributed by atoms with Crippen LogP contribution in [0.4, 0.5) is 0 Å². The number of hydrogen-bond acceptors (Lipinski definition) is 5. The fourth-order valence-electron chi connectivity index (χ4n) is 2.33. The minimum absolute atomic E-state index is 0.323. The van der Waals surface area contributed by atoms with Crippen molar-refractivity contribution in [3.8, 4) is 0 Å². The van der Waals surface area contributed by atoms with Gasteiger partial charge in [0.1, 0.15) is 6.04 Å². The fraction of sp³-hybridized carbons (Fsp3) is 0.250. The van der Waals surface area contributed by atoms with Crippen LogP contribution in [0, 0.1) is 13.8 Å². The zero-order chi connectivity index (χ0) is 17.3. The van der Waals surface area contributed by atoms with Gasteiger partial charge in [0.15, 0.2) is 5.82 Å². The van der Waals surface area contributed by atoms with Gasteiger partial charge in [0, 0.05) is 25.7 Å². The lowest BCUT2D eigenvalue weighted by atomic mass is 10.1. The molecule has 1 amide bonds. The number of carbonyl (C=O) groups is 1. The molecule has 124 valence electrons. The standard InChI is InChI=1S/C16H16ClN5O2/c1-9-4-5-12(13(17)6-9)16(23)20-14(11-7-18-22(3)8-11)15-19-10(2)24-21-15/h4-8,14H,1-3H3,(H,20,23). The number of benzene rings is 1. The van der Waals surface area contributed by atoms with Gasteiger partial charge in [0.2, 0.25) is 5.89 Å². The van der Waals surface area contributed by atoms with E-state index in [1.807, 2.05) is 13.0 Å². The van der Waals surface area contributed by atoms with Crippen LogP contribution < -0.4 is 5.32 Å². The number of aryl methyl sites for hydroxylation is 3. The normalized spacial score (nSPS) is 12.2. The summed E-state index contributed by atoms with van der Waals surface area (Å²) in [5.74, 6) is 0.454. The fourth-order valence-corrected chi connectivity index (χ4v) is 2.65. The third-order valence-corrected chi connectivity index (χ3v) is 3.82. The first-order valence-corrected chi connectivity index (χ1v) is 7.67. The Morgan fingerprint density at radius 3 is 2.75 bits per heavy atom. The SMILES string of the molecule is Cc1ccc(C(=O)NC(c2cnn(C)c2)c2noc(C)n2)c(Cl)c1. The maximum absolute atomic E-state index is 12.6. The molecule has 1 N–H and O–H groups in total. The van der Waals surface area contributed by atoms with Gasteiger partial charge in [-0.15, -0.1) is 0 Å². The Labute approximate surface area is 143 Å². The largest absolute Gasteiger partial charge is 0.340 e. The van der Waals surface area contributed by atoms with Gasteiger partial charge in [-0.2, -0.15) is 10.1 Å². The van der Waals surface area contributed by atoms with Gasteiger partial charge in [0.05, 0.1) is 16.8 Å². The van der Waals surface area contributed by atoms with Gasteiger partial charge in [-0.3, -0.25) is 9.48 Å². The first-order valence-electron chi connectivity index (χ1n) is 7.30. The molecule has 24 heavy (non-hydrogen) atoms. The van der Waals surface area contributed by atoms with Crippen LogP contribution in [0.15, 0.2) is 35.1 Å². The van der Waals surface area contributed by atoms with Gasteiger partial charge < -0.3 is 9.84 Å². The second kappa shape index (κ2) is 6.45. The van der Waals surface area contributed by atoms with Gasteiger partial charge in [0.25, 0.3) is 5.91 Å². The van der Waals surface area contributed by atoms with Crippen LogP contribution >= 0.6 is 11.6 Å². The zero-order valence-corrected chi connectivity index (χ0v) is 14.2. The predicted molar refractivity (Wildman–Crippen MR) is 87.7 cm³/mol. The van der Waals surface area contributed by atoms with E-state index in [1.165, 1.54) is 0 Å². The summed E-state index contributed by atoms with van der Waals surface area (Å²) in [4.78, 5) is 16.9. The van der Waals surface area contributed by atoms with E-state index in [-0.39, 0.29) is 5.91 Å². The Balaban J connectivity index is 1.93. The van der Waals surface area contributed by atoms with E-state index in [9.17, 15) is 4.79 Å². The Hall–Kier alpha value is -2.67. The first-order chi connectivity index (χ1) is 11.4. The Morgan fingerprint density at radius 1 is 1.38 bits per heavy atom. The number of hydrogen-bond donors (Lipinski definition) is 1. The zero-order valence-electron chi connectivity index (χ0n) is 13.4. The van der Waals surface area contributed by atoms with Crippen molar-refractivity contribution in [1.29, 1.82) is 0 Å². The van der Waals surface area contributed by atoms with E-state index in [0.717, 1.165) is 11.1 Å². The summed E-state index contributed by atoms with van der Waals surface area (Å²) in [6.45, 7) is 3.60. The molecule has 0 aliphatic carbocycles. The topological polar surface area (TPSA) is 85.8 Å². The number of halogens is 1. The van der Waals surface area contributed by atoms with Crippen LogP contribution in [0.2, 0.25) is 5.02 Å². The molecule has 0 saturated heterocycles. The van der Waals surface area contributed by atoms with Crippen molar-refractivity contribution in [3.63, 3.8) is 0 Å². The van der Waals surface area contributed by atoms with Crippen molar-refractivity contribution in [3.05, 3.63) is 64.0 Å². The molecular weight excluding hydrogens is 330 g/mol. The average Bonchev–Trinajstić information content (AvgIpc) is 3.13. The van der Waals surface area contributed by atoms with Crippen LogP contribution in [0.1, 0.15) is 39.2 Å². The van der Waals surface area contributed by atoms with Crippen molar-refractivity contribution in [1.82, 2.24) is 25.2 Å². The van der Waals surface area contributed by atoms with Crippen molar-refractivity contribution >= 4 is 17.5 Å². The summed E-state index contributed by atoms with van der Waals surface area (Å²) >= 11 is 6.18. The van der Waals surface area contributed by atoms with Crippen LogP contribution in [0.3, 0.4) is 0 Å². The lowest BCUT2D eigenvalue weighted by molar-refractivity contribution is 0.0941. The quantitative estimate of drug-likeness (QED) is 0.785. The molecule has 0 bridgehead atoms. The summed E-state index contributed by atoms with van der Waals surface area (Å²) in [6.07, 6.45) is 3.43. The summed E-state index contributed by atoms with van der Waals surface area (Å²) in [5.41, 5.74) is 2.11. The van der Waals surface area contributed by atoms with E-state index in [4.69, 9.17) is 16.1 Å². The lowest BCUT2D eigenvalue weighted by Crippen LogP contribution is -2.30. The predicted octanol–water partition coefficient (Wildman–Crippen LogP) is 2.59. The average molecular weight is 346 g/mol. The minimum Gasteiger partial charge on any atom is -0.340 e. The van der Waals surface area contributed by atoms with Crippen molar-refractivity contribution in [2.24, 2.45) is 7.05 Å². The maximum atomic E-state index is 12.6. The number of nitrogens with one attached hydrogen (secondary N) is 1. The van der Waals surface area contributed by atoms with E-state index in [2.05, 4.69) is 20.6 Å². The van der Waals surface area contributed by atoms with Gasteiger partial charge in [-0.25, -0.2) is 0 Å². The number of amides is 1. The highest BCUT2D eigenvalue weighted by molar-refractivity contribution is 6.33. The number of rotatable bonds is 4. The summed E-state index contributed by atoms with van der Waals surface area (Å²) in [6, 6.07) is 4.68. The number of aromatic nitrogens is 4. The van der Waals surface area contributed by atoms with E-state index >= 15 is 0 Å². The summed E-state index contributed by atoms with van der Waals surface area (Å²) in [7, 11) is 1.79. The molecule has 0 radical (unpaired) electrons. The second-order valence-corrected chi connectivity index (χ2v) is 5.92. The molecule has 2 aromatic heterocycles. The summed E-state index contributed by atoms with van der Waals surface area (Å²) in [5, 5.41) is 11.3. The highest BCUT2D eigenvalue weighted by Crippen LogP contribution is 2.22. The van der Waals surface area contributed by atoms with Gasteiger partial charge in [-0.05, 0) is 24.6 Å². The summed E-state index contributed by atoms with van der Waals surface area (Å²) < 4.78 is 6.67. The van der Waals surface area contributed by atoms with Gasteiger partial charge >= 0.3 is 0 Å². The molecule has 7 nitrogen and oxygen atoms in total. The molecular formula is C16H16ClN5O2. The Kier molecular flexibility index (Phi) is 4.35. The highest BCUT2D eigenvalue weighted by atomic mass is 35.5. The molecule has 0 saturated carbocycles. The second-order valence-electron chi connectivity index (χ2n) is 5.51. The lowest BCUT2D eigenvalue weighted by Gasteiger charge is -2.14. The van der Waals surface area contributed by atoms with Crippen LogP contribution in [-0.2, 0) is 7.05 Å². The molecule has 1 atom stereocenters. The molecule has 1 unspecified atom stereocenters. The number of nitrogens with zero attached hydrogens (tertiary/aromatic N) is 4. The van der Waals surface area contributed by atoms with Gasteiger partial charge in [-0.1, -0.05) is 22.8 Å². The Bertz CT molecular complexity index is 846. The highest BCUT2D eigenvalue weighted by Gasteiger charge is 2.24. The van der Waals surface area contributed by atoms with Crippen molar-refractivity contribution in [2.75, 3.05) is 0 Å². The molecule has 3 aromatic rings. The number of carbonyl (C=O) groups excluding carboxylic acids is 1. The van der Waals surface area contributed by atoms with Crippen LogP contribution in [0.25, 0.3) is 0 Å². The third kappa shape index (κ3) is 3.30. The monoisotopic (exact) mass is 345 g/mol. The molecule has 0 spiro atoms. The Morgan fingerprint density at radius 2 is 2.17 bits per heavy atom. The van der Waals surface area contributed by atoms with E-state index < -0.39 is 6.04 Å². The smallest absolute Gasteiger partial charge is 0.253 e. The molecule has 0 fully saturated rings. The third-order valence-electron chi connectivity index (χ3n) is 3.50. The molecule has 1 aromatic carbocycles.